The summed E-state index contributed by atoms with van der Waals surface area (Å²) in [6.07, 6.45) is 2.90. The quantitative estimate of drug-likeness (QED) is 0.343. The van der Waals surface area contributed by atoms with Crippen molar-refractivity contribution in [2.24, 2.45) is 5.73 Å². The van der Waals surface area contributed by atoms with Crippen LogP contribution in [0.15, 0.2) is 78.0 Å². The Bertz CT molecular complexity index is 1010. The second kappa shape index (κ2) is 10.5. The molecule has 1 aromatic heterocycles. The maximum Gasteiger partial charge on any atom is 0.188 e. The normalized spacial score (nSPS) is 14.9. The van der Waals surface area contributed by atoms with Crippen molar-refractivity contribution >= 4 is 17.7 Å². The molecule has 0 radical (unpaired) electrons. The molecule has 0 spiro atoms. The summed E-state index contributed by atoms with van der Waals surface area (Å²) in [6.45, 7) is 4.47. The summed E-state index contributed by atoms with van der Waals surface area (Å²) in [5.41, 5.74) is 10.8. The van der Waals surface area contributed by atoms with E-state index in [2.05, 4.69) is 65.6 Å². The summed E-state index contributed by atoms with van der Waals surface area (Å²) in [5.74, 6) is 1.06. The molecule has 0 unspecified atom stereocenters. The van der Waals surface area contributed by atoms with Gasteiger partial charge in [0.2, 0.25) is 0 Å². The average molecular weight is 432 g/mol. The highest BCUT2D eigenvalue weighted by Gasteiger charge is 2.17. The van der Waals surface area contributed by atoms with E-state index in [0.29, 0.717) is 0 Å². The molecule has 160 valence electrons. The molecule has 0 saturated carbocycles. The molecule has 0 atom stereocenters. The van der Waals surface area contributed by atoms with Crippen LogP contribution in [0.1, 0.15) is 17.5 Å². The first kappa shape index (κ1) is 21.4. The van der Waals surface area contributed by atoms with Gasteiger partial charge in [0.05, 0.1) is 0 Å². The van der Waals surface area contributed by atoms with Gasteiger partial charge in [-0.25, -0.2) is 4.98 Å². The third kappa shape index (κ3) is 5.66. The molecule has 6 heteroatoms. The topological polar surface area (TPSA) is 69.2 Å². The Balaban J connectivity index is 1.45. The minimum atomic E-state index is 0.177. The number of nitrogens with zero attached hydrogens (tertiary/aromatic N) is 3. The molecule has 1 saturated heterocycles. The van der Waals surface area contributed by atoms with Gasteiger partial charge in [-0.2, -0.15) is 0 Å². The van der Waals surface area contributed by atoms with Crippen LogP contribution >= 0.6 is 11.8 Å². The average Bonchev–Trinajstić information content (AvgIpc) is 3.05. The molecule has 4 rings (SSSR count). The van der Waals surface area contributed by atoms with Crippen LogP contribution in [0.25, 0.3) is 11.1 Å². The van der Waals surface area contributed by atoms with Crippen LogP contribution in [0.4, 0.5) is 0 Å². The standard InChI is InChI=1S/C25H29N5S/c26-25(27)30-15-7-14-29(16-17-30)18-21-11-6-13-28-24(21)31-19-22-10-4-5-12-23(22)20-8-2-1-3-9-20/h1-6,8-13H,7,14-19H2,(H3,26,27). The molecular weight excluding hydrogens is 402 g/mol. The molecule has 5 nitrogen and oxygen atoms in total. The number of aromatic nitrogens is 1. The predicted molar refractivity (Wildman–Crippen MR) is 129 cm³/mol. The van der Waals surface area contributed by atoms with E-state index in [9.17, 15) is 0 Å². The third-order valence-electron chi connectivity index (χ3n) is 5.64. The van der Waals surface area contributed by atoms with Gasteiger partial charge in [0, 0.05) is 44.7 Å². The fourth-order valence-electron chi connectivity index (χ4n) is 3.98. The molecular formula is C25H29N5S. The summed E-state index contributed by atoms with van der Waals surface area (Å²) in [7, 11) is 0. The van der Waals surface area contributed by atoms with E-state index in [-0.39, 0.29) is 5.96 Å². The van der Waals surface area contributed by atoms with Crippen LogP contribution in [-0.4, -0.2) is 46.9 Å². The second-order valence-electron chi connectivity index (χ2n) is 7.78. The maximum absolute atomic E-state index is 7.69. The molecule has 3 aromatic rings. The number of benzene rings is 2. The molecule has 1 aliphatic heterocycles. The zero-order chi connectivity index (χ0) is 21.5. The van der Waals surface area contributed by atoms with Crippen LogP contribution in [0, 0.1) is 5.41 Å². The Morgan fingerprint density at radius 1 is 0.903 bits per heavy atom. The smallest absolute Gasteiger partial charge is 0.188 e. The lowest BCUT2D eigenvalue weighted by Crippen LogP contribution is -2.39. The van der Waals surface area contributed by atoms with Gasteiger partial charge >= 0.3 is 0 Å². The Morgan fingerprint density at radius 2 is 1.68 bits per heavy atom. The molecule has 2 heterocycles. The molecule has 2 aromatic carbocycles. The predicted octanol–water partition coefficient (Wildman–Crippen LogP) is 4.44. The number of nitrogens with two attached hydrogens (primary N) is 1. The Hall–Kier alpha value is -2.83. The van der Waals surface area contributed by atoms with Gasteiger partial charge in [-0.1, -0.05) is 60.7 Å². The monoisotopic (exact) mass is 431 g/mol. The maximum atomic E-state index is 7.69. The number of hydrogen-bond donors (Lipinski definition) is 2. The summed E-state index contributed by atoms with van der Waals surface area (Å²) in [5, 5.41) is 8.79. The first-order chi connectivity index (χ1) is 15.2. The van der Waals surface area contributed by atoms with Crippen LogP contribution in [-0.2, 0) is 12.3 Å². The van der Waals surface area contributed by atoms with E-state index in [4.69, 9.17) is 16.1 Å². The highest BCUT2D eigenvalue weighted by Crippen LogP contribution is 2.30. The van der Waals surface area contributed by atoms with E-state index >= 15 is 0 Å². The van der Waals surface area contributed by atoms with Crippen molar-refractivity contribution in [1.29, 1.82) is 5.41 Å². The lowest BCUT2D eigenvalue weighted by atomic mass is 10.0. The van der Waals surface area contributed by atoms with Gasteiger partial charge in [0.25, 0.3) is 0 Å². The van der Waals surface area contributed by atoms with Crippen LogP contribution in [0.5, 0.6) is 0 Å². The minimum Gasteiger partial charge on any atom is -0.370 e. The van der Waals surface area contributed by atoms with Crippen molar-refractivity contribution in [2.75, 3.05) is 26.2 Å². The zero-order valence-corrected chi connectivity index (χ0v) is 18.5. The molecule has 0 amide bonds. The first-order valence-electron chi connectivity index (χ1n) is 10.7. The molecule has 1 fully saturated rings. The number of hydrogen-bond acceptors (Lipinski definition) is 4. The minimum absolute atomic E-state index is 0.177. The van der Waals surface area contributed by atoms with Gasteiger partial charge in [-0.05, 0) is 34.7 Å². The largest absolute Gasteiger partial charge is 0.370 e. The van der Waals surface area contributed by atoms with Gasteiger partial charge in [-0.3, -0.25) is 10.3 Å². The van der Waals surface area contributed by atoms with Gasteiger partial charge in [-0.15, -0.1) is 11.8 Å². The lowest BCUT2D eigenvalue weighted by Gasteiger charge is -2.22. The number of pyridine rings is 1. The number of guanidine groups is 1. The molecule has 3 N–H and O–H groups in total. The summed E-state index contributed by atoms with van der Waals surface area (Å²) >= 11 is 1.81. The molecule has 31 heavy (non-hydrogen) atoms. The van der Waals surface area contributed by atoms with Crippen molar-refractivity contribution in [3.63, 3.8) is 0 Å². The van der Waals surface area contributed by atoms with Crippen molar-refractivity contribution < 1.29 is 0 Å². The van der Waals surface area contributed by atoms with E-state index in [0.717, 1.165) is 49.9 Å². The molecule has 1 aliphatic rings. The van der Waals surface area contributed by atoms with E-state index in [1.54, 1.807) is 11.8 Å². The Labute approximate surface area is 188 Å². The molecule has 0 bridgehead atoms. The first-order valence-corrected chi connectivity index (χ1v) is 11.7. The van der Waals surface area contributed by atoms with Gasteiger partial charge in [0.1, 0.15) is 5.03 Å². The van der Waals surface area contributed by atoms with Crippen molar-refractivity contribution in [2.45, 2.75) is 23.7 Å². The highest BCUT2D eigenvalue weighted by molar-refractivity contribution is 7.98. The second-order valence-corrected chi connectivity index (χ2v) is 8.75. The molecule has 0 aliphatic carbocycles. The fourth-order valence-corrected chi connectivity index (χ4v) is 4.97. The summed E-state index contributed by atoms with van der Waals surface area (Å²) in [4.78, 5) is 9.10. The number of rotatable bonds is 6. The Morgan fingerprint density at radius 3 is 2.52 bits per heavy atom. The van der Waals surface area contributed by atoms with Crippen LogP contribution < -0.4 is 5.73 Å². The lowest BCUT2D eigenvalue weighted by molar-refractivity contribution is 0.275. The highest BCUT2D eigenvalue weighted by atomic mass is 32.2. The fraction of sp³-hybridized carbons (Fsp3) is 0.280. The number of thioether (sulfide) groups is 1. The number of nitrogens with one attached hydrogen (secondary N) is 1. The van der Waals surface area contributed by atoms with Crippen molar-refractivity contribution in [3.05, 3.63) is 84.1 Å². The van der Waals surface area contributed by atoms with E-state index < -0.39 is 0 Å². The summed E-state index contributed by atoms with van der Waals surface area (Å²) in [6, 6.07) is 23.4. The van der Waals surface area contributed by atoms with Crippen molar-refractivity contribution in [1.82, 2.24) is 14.8 Å². The van der Waals surface area contributed by atoms with Gasteiger partial charge in [0.15, 0.2) is 5.96 Å². The zero-order valence-electron chi connectivity index (χ0n) is 17.7. The third-order valence-corrected chi connectivity index (χ3v) is 6.74. The van der Waals surface area contributed by atoms with Crippen LogP contribution in [0.3, 0.4) is 0 Å². The SMILES string of the molecule is N=C(N)N1CCCN(Cc2cccnc2SCc2ccccc2-c2ccccc2)CC1. The Kier molecular flexibility index (Phi) is 7.22. The van der Waals surface area contributed by atoms with Crippen LogP contribution in [0.2, 0.25) is 0 Å². The summed E-state index contributed by atoms with van der Waals surface area (Å²) < 4.78 is 0. The van der Waals surface area contributed by atoms with E-state index in [1.165, 1.54) is 22.3 Å². The van der Waals surface area contributed by atoms with E-state index in [1.807, 2.05) is 17.2 Å². The van der Waals surface area contributed by atoms with Crippen molar-refractivity contribution in [3.8, 4) is 11.1 Å². The van der Waals surface area contributed by atoms with Gasteiger partial charge < -0.3 is 10.6 Å².